The van der Waals surface area contributed by atoms with Crippen LogP contribution < -0.4 is 5.32 Å². The number of hydrogen-bond acceptors (Lipinski definition) is 3. The predicted octanol–water partition coefficient (Wildman–Crippen LogP) is 1.02. The van der Waals surface area contributed by atoms with E-state index in [9.17, 15) is 4.79 Å². The maximum absolute atomic E-state index is 12.0. The Hall–Kier alpha value is -0.610. The molecule has 2 heterocycles. The first kappa shape index (κ1) is 12.8. The van der Waals surface area contributed by atoms with Gasteiger partial charge in [-0.15, -0.1) is 0 Å². The van der Waals surface area contributed by atoms with Gasteiger partial charge in [-0.05, 0) is 25.8 Å². The minimum absolute atomic E-state index is 0.268. The minimum atomic E-state index is 0.268. The number of likely N-dealkylation sites (tertiary alicyclic amines) is 1. The van der Waals surface area contributed by atoms with Crippen molar-refractivity contribution < 1.29 is 9.53 Å². The van der Waals surface area contributed by atoms with Crippen LogP contribution in [0.1, 0.15) is 32.6 Å². The fourth-order valence-corrected chi connectivity index (χ4v) is 2.86. The van der Waals surface area contributed by atoms with Crippen molar-refractivity contribution in [2.75, 3.05) is 39.4 Å². The summed E-state index contributed by atoms with van der Waals surface area (Å²) in [5, 5.41) is 3.41. The lowest BCUT2D eigenvalue weighted by molar-refractivity contribution is -0.131. The second kappa shape index (κ2) is 5.83. The molecule has 1 atom stereocenters. The Morgan fingerprint density at radius 2 is 2.29 bits per heavy atom. The molecule has 0 aromatic rings. The van der Waals surface area contributed by atoms with Crippen LogP contribution in [0.5, 0.6) is 0 Å². The molecule has 0 aromatic heterocycles. The van der Waals surface area contributed by atoms with E-state index in [-0.39, 0.29) is 5.91 Å². The number of carbonyl (C=O) groups excluding carboxylic acids is 1. The lowest BCUT2D eigenvalue weighted by Crippen LogP contribution is -2.33. The van der Waals surface area contributed by atoms with Crippen LogP contribution in [0.25, 0.3) is 0 Å². The lowest BCUT2D eigenvalue weighted by atomic mass is 9.87. The average molecular weight is 240 g/mol. The van der Waals surface area contributed by atoms with E-state index in [1.54, 1.807) is 0 Å². The van der Waals surface area contributed by atoms with Crippen molar-refractivity contribution in [2.24, 2.45) is 5.41 Å². The third-order valence-electron chi connectivity index (χ3n) is 3.93. The van der Waals surface area contributed by atoms with Crippen molar-refractivity contribution in [2.45, 2.75) is 32.6 Å². The summed E-state index contributed by atoms with van der Waals surface area (Å²) in [5.41, 5.74) is 0.389. The second-order valence-electron chi connectivity index (χ2n) is 5.35. The molecule has 2 fully saturated rings. The summed E-state index contributed by atoms with van der Waals surface area (Å²) in [4.78, 5) is 14.0. The van der Waals surface area contributed by atoms with E-state index < -0.39 is 0 Å². The van der Waals surface area contributed by atoms with Gasteiger partial charge in [0, 0.05) is 31.7 Å². The Morgan fingerprint density at radius 3 is 3.00 bits per heavy atom. The fourth-order valence-electron chi connectivity index (χ4n) is 2.86. The Kier molecular flexibility index (Phi) is 4.40. The van der Waals surface area contributed by atoms with Gasteiger partial charge < -0.3 is 15.0 Å². The summed E-state index contributed by atoms with van der Waals surface area (Å²) in [6.45, 7) is 7.51. The highest BCUT2D eigenvalue weighted by molar-refractivity contribution is 5.76. The van der Waals surface area contributed by atoms with Gasteiger partial charge in [0.1, 0.15) is 0 Å². The molecule has 0 saturated carbocycles. The van der Waals surface area contributed by atoms with E-state index in [0.717, 1.165) is 39.2 Å². The standard InChI is InChI=1S/C13H24N2O2/c1-2-8-17-9-3-12(16)15-7-5-13(11-15)4-6-14-10-13/h14H,2-11H2,1H3. The molecule has 1 N–H and O–H groups in total. The Morgan fingerprint density at radius 1 is 1.41 bits per heavy atom. The molecular weight excluding hydrogens is 216 g/mol. The first-order chi connectivity index (χ1) is 8.26. The molecule has 17 heavy (non-hydrogen) atoms. The van der Waals surface area contributed by atoms with Gasteiger partial charge in [0.15, 0.2) is 0 Å². The van der Waals surface area contributed by atoms with Crippen LogP contribution in [0.4, 0.5) is 0 Å². The molecular formula is C13H24N2O2. The Labute approximate surface area is 104 Å². The molecule has 0 radical (unpaired) electrons. The number of amides is 1. The molecule has 2 aliphatic heterocycles. The zero-order valence-corrected chi connectivity index (χ0v) is 10.8. The number of ether oxygens (including phenoxy) is 1. The fraction of sp³-hybridized carbons (Fsp3) is 0.923. The molecule has 2 aliphatic rings. The average Bonchev–Trinajstić information content (AvgIpc) is 2.96. The molecule has 98 valence electrons. The van der Waals surface area contributed by atoms with Crippen molar-refractivity contribution in [1.82, 2.24) is 10.2 Å². The predicted molar refractivity (Wildman–Crippen MR) is 66.8 cm³/mol. The Bertz CT molecular complexity index is 262. The highest BCUT2D eigenvalue weighted by Gasteiger charge is 2.41. The van der Waals surface area contributed by atoms with Crippen molar-refractivity contribution in [1.29, 1.82) is 0 Å². The molecule has 4 heteroatoms. The third-order valence-corrected chi connectivity index (χ3v) is 3.93. The van der Waals surface area contributed by atoms with Crippen molar-refractivity contribution >= 4 is 5.91 Å². The maximum Gasteiger partial charge on any atom is 0.224 e. The van der Waals surface area contributed by atoms with Gasteiger partial charge in [0.2, 0.25) is 5.91 Å². The summed E-state index contributed by atoms with van der Waals surface area (Å²) in [6.07, 6.45) is 3.96. The molecule has 2 saturated heterocycles. The van der Waals surface area contributed by atoms with Gasteiger partial charge in [0.25, 0.3) is 0 Å². The first-order valence-electron chi connectivity index (χ1n) is 6.82. The molecule has 2 rings (SSSR count). The summed E-state index contributed by atoms with van der Waals surface area (Å²) < 4.78 is 5.37. The van der Waals surface area contributed by atoms with Gasteiger partial charge in [-0.1, -0.05) is 6.92 Å². The van der Waals surface area contributed by atoms with Gasteiger partial charge in [-0.25, -0.2) is 0 Å². The number of hydrogen-bond donors (Lipinski definition) is 1. The van der Waals surface area contributed by atoms with Gasteiger partial charge in [-0.3, -0.25) is 4.79 Å². The number of rotatable bonds is 5. The highest BCUT2D eigenvalue weighted by Crippen LogP contribution is 2.36. The smallest absolute Gasteiger partial charge is 0.224 e. The van der Waals surface area contributed by atoms with E-state index in [1.165, 1.54) is 12.8 Å². The van der Waals surface area contributed by atoms with Crippen LogP contribution in [0, 0.1) is 5.41 Å². The quantitative estimate of drug-likeness (QED) is 0.729. The van der Waals surface area contributed by atoms with Crippen LogP contribution in [0.15, 0.2) is 0 Å². The molecule has 0 bridgehead atoms. The molecule has 1 unspecified atom stereocenters. The first-order valence-corrected chi connectivity index (χ1v) is 6.82. The SMILES string of the molecule is CCCOCCC(=O)N1CCC2(CCNC2)C1. The zero-order chi connectivity index (χ0) is 12.1. The lowest BCUT2D eigenvalue weighted by Gasteiger charge is -2.22. The van der Waals surface area contributed by atoms with Crippen molar-refractivity contribution in [3.8, 4) is 0 Å². The van der Waals surface area contributed by atoms with Crippen LogP contribution >= 0.6 is 0 Å². The molecule has 4 nitrogen and oxygen atoms in total. The third kappa shape index (κ3) is 3.19. The molecule has 0 aliphatic carbocycles. The van der Waals surface area contributed by atoms with E-state index >= 15 is 0 Å². The van der Waals surface area contributed by atoms with E-state index in [0.29, 0.717) is 18.4 Å². The number of carbonyl (C=O) groups is 1. The summed E-state index contributed by atoms with van der Waals surface area (Å²) in [6, 6.07) is 0. The van der Waals surface area contributed by atoms with Crippen molar-refractivity contribution in [3.05, 3.63) is 0 Å². The normalized spacial score (nSPS) is 28.2. The van der Waals surface area contributed by atoms with Crippen molar-refractivity contribution in [3.63, 3.8) is 0 Å². The van der Waals surface area contributed by atoms with Crippen LogP contribution in [0.3, 0.4) is 0 Å². The van der Waals surface area contributed by atoms with Gasteiger partial charge >= 0.3 is 0 Å². The van der Waals surface area contributed by atoms with Gasteiger partial charge in [-0.2, -0.15) is 0 Å². The minimum Gasteiger partial charge on any atom is -0.381 e. The largest absolute Gasteiger partial charge is 0.381 e. The van der Waals surface area contributed by atoms with E-state index in [4.69, 9.17) is 4.74 Å². The van der Waals surface area contributed by atoms with E-state index in [1.807, 2.05) is 4.90 Å². The van der Waals surface area contributed by atoms with Gasteiger partial charge in [0.05, 0.1) is 13.0 Å². The maximum atomic E-state index is 12.0. The van der Waals surface area contributed by atoms with Crippen LogP contribution in [0.2, 0.25) is 0 Å². The topological polar surface area (TPSA) is 41.6 Å². The number of nitrogens with one attached hydrogen (secondary N) is 1. The summed E-state index contributed by atoms with van der Waals surface area (Å²) in [5.74, 6) is 0.268. The second-order valence-corrected chi connectivity index (χ2v) is 5.35. The van der Waals surface area contributed by atoms with Crippen LogP contribution in [-0.4, -0.2) is 50.2 Å². The van der Waals surface area contributed by atoms with Crippen LogP contribution in [-0.2, 0) is 9.53 Å². The number of nitrogens with zero attached hydrogens (tertiary/aromatic N) is 1. The highest BCUT2D eigenvalue weighted by atomic mass is 16.5. The zero-order valence-electron chi connectivity index (χ0n) is 10.8. The molecule has 1 spiro atoms. The molecule has 1 amide bonds. The van der Waals surface area contributed by atoms with E-state index in [2.05, 4.69) is 12.2 Å². The Balaban J connectivity index is 1.70. The monoisotopic (exact) mass is 240 g/mol. The summed E-state index contributed by atoms with van der Waals surface area (Å²) >= 11 is 0. The molecule has 0 aromatic carbocycles. The summed E-state index contributed by atoms with van der Waals surface area (Å²) in [7, 11) is 0.